The normalized spacial score (nSPS) is 18.5. The molecule has 1 aliphatic heterocycles. The van der Waals surface area contributed by atoms with Gasteiger partial charge in [-0.3, -0.25) is 14.3 Å². The first kappa shape index (κ1) is 16.3. The Morgan fingerprint density at radius 3 is 2.72 bits per heavy atom. The van der Waals surface area contributed by atoms with Gasteiger partial charge in [-0.05, 0) is 37.8 Å². The van der Waals surface area contributed by atoms with Gasteiger partial charge in [-0.2, -0.15) is 0 Å². The fraction of sp³-hybridized carbons (Fsp3) is 0.474. The lowest BCUT2D eigenvalue weighted by Gasteiger charge is -2.35. The van der Waals surface area contributed by atoms with Crippen molar-refractivity contribution in [1.82, 2.24) is 9.78 Å². The maximum absolute atomic E-state index is 13.0. The van der Waals surface area contributed by atoms with Crippen LogP contribution in [0.15, 0.2) is 23.1 Å². The molecule has 132 valence electrons. The fourth-order valence-electron chi connectivity index (χ4n) is 4.08. The molecule has 1 spiro atoms. The minimum atomic E-state index is -0.726. The molecular weight excluding hydrogens is 320 g/mol. The predicted octanol–water partition coefficient (Wildman–Crippen LogP) is 2.27. The van der Waals surface area contributed by atoms with Gasteiger partial charge in [-0.25, -0.2) is 0 Å². The standard InChI is InChI=1S/C19H22N2O4/c1-3-21-18(23)15(11-20-21)17(22)14-7-6-13-5-4-8-19(16(13)12(14)2)24-9-10-25-19/h6-7,11,20H,3-5,8-10H2,1-2H3. The zero-order chi connectivity index (χ0) is 17.6. The van der Waals surface area contributed by atoms with Crippen LogP contribution in [0.25, 0.3) is 0 Å². The van der Waals surface area contributed by atoms with Crippen molar-refractivity contribution in [2.45, 2.75) is 45.4 Å². The van der Waals surface area contributed by atoms with Crippen molar-refractivity contribution in [2.75, 3.05) is 13.2 Å². The third-order valence-electron chi connectivity index (χ3n) is 5.28. The second-order valence-electron chi connectivity index (χ2n) is 6.64. The van der Waals surface area contributed by atoms with Crippen molar-refractivity contribution in [3.63, 3.8) is 0 Å². The highest BCUT2D eigenvalue weighted by Crippen LogP contribution is 2.44. The summed E-state index contributed by atoms with van der Waals surface area (Å²) in [5.74, 6) is -0.983. The molecule has 1 saturated heterocycles. The summed E-state index contributed by atoms with van der Waals surface area (Å²) in [5.41, 5.74) is 3.43. The molecule has 25 heavy (non-hydrogen) atoms. The topological polar surface area (TPSA) is 73.3 Å². The van der Waals surface area contributed by atoms with E-state index >= 15 is 0 Å². The first-order valence-electron chi connectivity index (χ1n) is 8.81. The van der Waals surface area contributed by atoms with Gasteiger partial charge < -0.3 is 14.6 Å². The van der Waals surface area contributed by atoms with Crippen molar-refractivity contribution >= 4 is 5.78 Å². The number of aryl methyl sites for hydroxylation is 2. The first-order chi connectivity index (χ1) is 12.1. The number of fused-ring (bicyclic) bond motifs is 2. The number of carbonyl (C=O) groups is 1. The van der Waals surface area contributed by atoms with Crippen molar-refractivity contribution in [3.8, 4) is 0 Å². The number of ether oxygens (including phenoxy) is 2. The number of nitrogens with one attached hydrogen (secondary N) is 1. The third-order valence-corrected chi connectivity index (χ3v) is 5.28. The second kappa shape index (κ2) is 5.97. The van der Waals surface area contributed by atoms with Gasteiger partial charge in [0.1, 0.15) is 5.56 Å². The Balaban J connectivity index is 1.83. The molecule has 6 heteroatoms. The molecule has 1 aliphatic carbocycles. The highest BCUT2D eigenvalue weighted by molar-refractivity contribution is 6.09. The molecule has 2 heterocycles. The summed E-state index contributed by atoms with van der Waals surface area (Å²) in [5, 5.41) is 2.84. The van der Waals surface area contributed by atoms with E-state index < -0.39 is 5.79 Å². The lowest BCUT2D eigenvalue weighted by Crippen LogP contribution is -2.33. The molecule has 2 aliphatic rings. The SMILES string of the molecule is CCn1[nH]cc(C(=O)c2ccc3c(c2C)C2(CCC3)OCCO2)c1=O. The van der Waals surface area contributed by atoms with Crippen LogP contribution in [0.2, 0.25) is 0 Å². The lowest BCUT2D eigenvalue weighted by molar-refractivity contribution is -0.175. The third kappa shape index (κ3) is 2.40. The van der Waals surface area contributed by atoms with E-state index in [0.29, 0.717) is 25.3 Å². The van der Waals surface area contributed by atoms with Crippen LogP contribution >= 0.6 is 0 Å². The van der Waals surface area contributed by atoms with Crippen molar-refractivity contribution < 1.29 is 14.3 Å². The van der Waals surface area contributed by atoms with E-state index in [0.717, 1.165) is 30.4 Å². The van der Waals surface area contributed by atoms with Gasteiger partial charge in [0.15, 0.2) is 11.6 Å². The summed E-state index contributed by atoms with van der Waals surface area (Å²) in [6.45, 7) is 5.41. The molecule has 1 N–H and O–H groups in total. The monoisotopic (exact) mass is 342 g/mol. The number of aromatic nitrogens is 2. The molecule has 0 unspecified atom stereocenters. The minimum absolute atomic E-state index is 0.169. The van der Waals surface area contributed by atoms with E-state index in [1.807, 2.05) is 26.0 Å². The predicted molar refractivity (Wildman–Crippen MR) is 91.9 cm³/mol. The van der Waals surface area contributed by atoms with Crippen LogP contribution in [0.3, 0.4) is 0 Å². The highest BCUT2D eigenvalue weighted by atomic mass is 16.7. The summed E-state index contributed by atoms with van der Waals surface area (Å²) in [6.07, 6.45) is 4.24. The van der Waals surface area contributed by atoms with Gasteiger partial charge in [0.25, 0.3) is 5.56 Å². The van der Waals surface area contributed by atoms with E-state index in [1.54, 1.807) is 0 Å². The average molecular weight is 342 g/mol. The van der Waals surface area contributed by atoms with Gasteiger partial charge in [0.2, 0.25) is 0 Å². The zero-order valence-electron chi connectivity index (χ0n) is 14.6. The molecule has 4 rings (SSSR count). The van der Waals surface area contributed by atoms with Crippen molar-refractivity contribution in [3.05, 3.63) is 56.5 Å². The summed E-state index contributed by atoms with van der Waals surface area (Å²) < 4.78 is 13.4. The van der Waals surface area contributed by atoms with Crippen molar-refractivity contribution in [1.29, 1.82) is 0 Å². The van der Waals surface area contributed by atoms with E-state index in [-0.39, 0.29) is 16.9 Å². The quantitative estimate of drug-likeness (QED) is 0.869. The maximum Gasteiger partial charge on any atom is 0.277 e. The van der Waals surface area contributed by atoms with E-state index in [1.165, 1.54) is 16.4 Å². The van der Waals surface area contributed by atoms with E-state index in [4.69, 9.17) is 9.47 Å². The number of hydrogen-bond acceptors (Lipinski definition) is 4. The molecule has 0 amide bonds. The number of benzene rings is 1. The summed E-state index contributed by atoms with van der Waals surface area (Å²) in [6, 6.07) is 3.81. The Hall–Kier alpha value is -2.18. The smallest absolute Gasteiger partial charge is 0.277 e. The Morgan fingerprint density at radius 1 is 1.28 bits per heavy atom. The van der Waals surface area contributed by atoms with Gasteiger partial charge in [-0.1, -0.05) is 12.1 Å². The number of aromatic amines is 1. The molecule has 6 nitrogen and oxygen atoms in total. The highest BCUT2D eigenvalue weighted by Gasteiger charge is 2.43. The van der Waals surface area contributed by atoms with Crippen molar-refractivity contribution in [2.24, 2.45) is 0 Å². The van der Waals surface area contributed by atoms with Crippen LogP contribution < -0.4 is 5.56 Å². The van der Waals surface area contributed by atoms with Crippen LogP contribution in [0.1, 0.15) is 52.4 Å². The molecule has 1 fully saturated rings. The number of nitrogens with zero attached hydrogens (tertiary/aromatic N) is 1. The van der Waals surface area contributed by atoms with Gasteiger partial charge in [-0.15, -0.1) is 0 Å². The number of rotatable bonds is 3. The molecule has 1 aromatic carbocycles. The van der Waals surface area contributed by atoms with Gasteiger partial charge >= 0.3 is 0 Å². The minimum Gasteiger partial charge on any atom is -0.343 e. The molecule has 0 radical (unpaired) electrons. The average Bonchev–Trinajstić information content (AvgIpc) is 3.22. The Bertz CT molecular complexity index is 887. The summed E-state index contributed by atoms with van der Waals surface area (Å²) in [7, 11) is 0. The van der Waals surface area contributed by atoms with Gasteiger partial charge in [0.05, 0.1) is 13.2 Å². The lowest BCUT2D eigenvalue weighted by atomic mass is 9.81. The first-order valence-corrected chi connectivity index (χ1v) is 8.81. The van der Waals surface area contributed by atoms with E-state index in [9.17, 15) is 9.59 Å². The fourth-order valence-corrected chi connectivity index (χ4v) is 4.08. The Kier molecular flexibility index (Phi) is 3.89. The molecule has 0 bridgehead atoms. The largest absolute Gasteiger partial charge is 0.343 e. The van der Waals surface area contributed by atoms with E-state index in [2.05, 4.69) is 5.10 Å². The van der Waals surface area contributed by atoms with Crippen LogP contribution in [0.4, 0.5) is 0 Å². The molecule has 1 aromatic heterocycles. The second-order valence-corrected chi connectivity index (χ2v) is 6.64. The molecule has 0 saturated carbocycles. The van der Waals surface area contributed by atoms with Crippen LogP contribution in [-0.2, 0) is 28.2 Å². The summed E-state index contributed by atoms with van der Waals surface area (Å²) in [4.78, 5) is 25.3. The molecule has 0 atom stereocenters. The summed E-state index contributed by atoms with van der Waals surface area (Å²) >= 11 is 0. The molecule has 2 aromatic rings. The number of carbonyl (C=O) groups excluding carboxylic acids is 1. The Morgan fingerprint density at radius 2 is 2.04 bits per heavy atom. The number of hydrogen-bond donors (Lipinski definition) is 1. The maximum atomic E-state index is 13.0. The molecular formula is C19H22N2O4. The van der Waals surface area contributed by atoms with Crippen LogP contribution in [0, 0.1) is 6.92 Å². The van der Waals surface area contributed by atoms with Gasteiger partial charge in [0, 0.05) is 30.3 Å². The van der Waals surface area contributed by atoms with Crippen LogP contribution in [-0.4, -0.2) is 28.8 Å². The number of ketones is 1. The zero-order valence-corrected chi connectivity index (χ0v) is 14.6. The number of H-pyrrole nitrogens is 1. The van der Waals surface area contributed by atoms with Crippen LogP contribution in [0.5, 0.6) is 0 Å². The Labute approximate surface area is 145 Å².